The van der Waals surface area contributed by atoms with Crippen LogP contribution in [0, 0.1) is 0 Å². The SMILES string of the molecule is CN(c1nc(-c2ccncc2)cc(=O)n1C)C1CCN(S(=O)(=O)c2ccccc2)C1. The van der Waals surface area contributed by atoms with Crippen molar-refractivity contribution in [1.82, 2.24) is 18.8 Å². The van der Waals surface area contributed by atoms with Crippen LogP contribution in [0.3, 0.4) is 0 Å². The van der Waals surface area contributed by atoms with Crippen LogP contribution in [0.1, 0.15) is 6.42 Å². The summed E-state index contributed by atoms with van der Waals surface area (Å²) in [7, 11) is -0.0258. The normalized spacial score (nSPS) is 17.2. The maximum Gasteiger partial charge on any atom is 0.255 e. The highest BCUT2D eigenvalue weighted by Crippen LogP contribution is 2.26. The van der Waals surface area contributed by atoms with E-state index in [0.29, 0.717) is 36.0 Å². The standard InChI is InChI=1S/C21H23N5O3S/c1-24(17-10-13-26(15-17)30(28,29)18-6-4-3-5-7-18)21-23-19(14-20(27)25(21)2)16-8-11-22-12-9-16/h3-9,11-12,14,17H,10,13,15H2,1-2H3. The number of rotatable bonds is 5. The molecule has 9 heteroatoms. The Bertz CT molecular complexity index is 1200. The van der Waals surface area contributed by atoms with Crippen molar-refractivity contribution in [2.24, 2.45) is 7.05 Å². The molecule has 0 amide bonds. The van der Waals surface area contributed by atoms with Crippen LogP contribution >= 0.6 is 0 Å². The zero-order chi connectivity index (χ0) is 21.3. The molecule has 4 rings (SSSR count). The molecule has 2 aromatic heterocycles. The maximum absolute atomic E-state index is 12.9. The third-order valence-corrected chi connectivity index (χ3v) is 7.34. The quantitative estimate of drug-likeness (QED) is 0.619. The molecule has 0 saturated carbocycles. The smallest absolute Gasteiger partial charge is 0.255 e. The van der Waals surface area contributed by atoms with Crippen molar-refractivity contribution in [2.75, 3.05) is 25.0 Å². The van der Waals surface area contributed by atoms with E-state index in [-0.39, 0.29) is 11.6 Å². The molecule has 0 spiro atoms. The monoisotopic (exact) mass is 425 g/mol. The molecular formula is C21H23N5O3S. The van der Waals surface area contributed by atoms with Crippen molar-refractivity contribution in [1.29, 1.82) is 0 Å². The number of benzene rings is 1. The molecule has 1 aliphatic heterocycles. The largest absolute Gasteiger partial charge is 0.341 e. The maximum atomic E-state index is 12.9. The van der Waals surface area contributed by atoms with Gasteiger partial charge >= 0.3 is 0 Å². The lowest BCUT2D eigenvalue weighted by Crippen LogP contribution is -2.39. The summed E-state index contributed by atoms with van der Waals surface area (Å²) >= 11 is 0. The van der Waals surface area contributed by atoms with Crippen LogP contribution in [0.5, 0.6) is 0 Å². The minimum atomic E-state index is -3.55. The first-order valence-electron chi connectivity index (χ1n) is 9.64. The Hall–Kier alpha value is -3.04. The van der Waals surface area contributed by atoms with Gasteiger partial charge in [0.25, 0.3) is 5.56 Å². The van der Waals surface area contributed by atoms with E-state index in [9.17, 15) is 13.2 Å². The second-order valence-corrected chi connectivity index (χ2v) is 9.24. The van der Waals surface area contributed by atoms with Crippen LogP contribution in [0.4, 0.5) is 5.95 Å². The zero-order valence-electron chi connectivity index (χ0n) is 16.8. The van der Waals surface area contributed by atoms with E-state index < -0.39 is 10.0 Å². The molecular weight excluding hydrogens is 402 g/mol. The van der Waals surface area contributed by atoms with Crippen molar-refractivity contribution < 1.29 is 8.42 Å². The molecule has 0 bridgehead atoms. The van der Waals surface area contributed by atoms with Crippen molar-refractivity contribution in [2.45, 2.75) is 17.4 Å². The number of hydrogen-bond acceptors (Lipinski definition) is 6. The molecule has 1 atom stereocenters. The van der Waals surface area contributed by atoms with Gasteiger partial charge in [-0.1, -0.05) is 18.2 Å². The second kappa shape index (κ2) is 8.00. The van der Waals surface area contributed by atoms with Crippen LogP contribution in [0.25, 0.3) is 11.3 Å². The number of nitrogens with zero attached hydrogens (tertiary/aromatic N) is 5. The fourth-order valence-electron chi connectivity index (χ4n) is 3.66. The van der Waals surface area contributed by atoms with Crippen molar-refractivity contribution >= 4 is 16.0 Å². The lowest BCUT2D eigenvalue weighted by molar-refractivity contribution is 0.469. The lowest BCUT2D eigenvalue weighted by atomic mass is 10.2. The zero-order valence-corrected chi connectivity index (χ0v) is 17.7. The molecule has 0 radical (unpaired) electrons. The topological polar surface area (TPSA) is 88.4 Å². The molecule has 1 unspecified atom stereocenters. The van der Waals surface area contributed by atoms with E-state index in [4.69, 9.17) is 0 Å². The van der Waals surface area contributed by atoms with Gasteiger partial charge in [-0.3, -0.25) is 14.3 Å². The predicted molar refractivity (Wildman–Crippen MR) is 115 cm³/mol. The molecule has 3 aromatic rings. The van der Waals surface area contributed by atoms with Crippen LogP contribution < -0.4 is 10.5 Å². The Morgan fingerprint density at radius 2 is 1.80 bits per heavy atom. The van der Waals surface area contributed by atoms with Gasteiger partial charge in [-0.2, -0.15) is 4.31 Å². The molecule has 1 aromatic carbocycles. The first-order valence-corrected chi connectivity index (χ1v) is 11.1. The predicted octanol–water partition coefficient (Wildman–Crippen LogP) is 1.74. The molecule has 1 fully saturated rings. The minimum absolute atomic E-state index is 0.0886. The third-order valence-electron chi connectivity index (χ3n) is 5.46. The fourth-order valence-corrected chi connectivity index (χ4v) is 5.18. The number of likely N-dealkylation sites (N-methyl/N-ethyl adjacent to an activating group) is 1. The number of hydrogen-bond donors (Lipinski definition) is 0. The Labute approximate surface area is 175 Å². The van der Waals surface area contributed by atoms with E-state index in [0.717, 1.165) is 5.56 Å². The van der Waals surface area contributed by atoms with Gasteiger partial charge < -0.3 is 4.90 Å². The average Bonchev–Trinajstić information content (AvgIpc) is 3.27. The summed E-state index contributed by atoms with van der Waals surface area (Å²) in [5, 5.41) is 0. The molecule has 8 nitrogen and oxygen atoms in total. The molecule has 0 aliphatic carbocycles. The lowest BCUT2D eigenvalue weighted by Gasteiger charge is -2.27. The number of sulfonamides is 1. The molecule has 156 valence electrons. The second-order valence-electron chi connectivity index (χ2n) is 7.30. The number of pyridine rings is 1. The van der Waals surface area contributed by atoms with E-state index in [2.05, 4.69) is 9.97 Å². The molecule has 3 heterocycles. The average molecular weight is 426 g/mol. The van der Waals surface area contributed by atoms with Crippen molar-refractivity contribution in [3.8, 4) is 11.3 Å². The Morgan fingerprint density at radius 3 is 2.50 bits per heavy atom. The first kappa shape index (κ1) is 20.2. The van der Waals surface area contributed by atoms with Crippen molar-refractivity contribution in [3.63, 3.8) is 0 Å². The summed E-state index contributed by atoms with van der Waals surface area (Å²) in [5.41, 5.74) is 1.19. The van der Waals surface area contributed by atoms with Gasteiger partial charge in [0.05, 0.1) is 10.6 Å². The van der Waals surface area contributed by atoms with Gasteiger partial charge in [-0.05, 0) is 30.7 Å². The highest BCUT2D eigenvalue weighted by atomic mass is 32.2. The number of anilines is 1. The van der Waals surface area contributed by atoms with Gasteiger partial charge in [0, 0.05) is 57.3 Å². The highest BCUT2D eigenvalue weighted by molar-refractivity contribution is 7.89. The van der Waals surface area contributed by atoms with E-state index in [1.165, 1.54) is 14.9 Å². The van der Waals surface area contributed by atoms with Gasteiger partial charge in [-0.15, -0.1) is 0 Å². The molecule has 30 heavy (non-hydrogen) atoms. The van der Waals surface area contributed by atoms with Crippen LogP contribution in [0.2, 0.25) is 0 Å². The van der Waals surface area contributed by atoms with E-state index in [1.54, 1.807) is 61.9 Å². The minimum Gasteiger partial charge on any atom is -0.341 e. The Morgan fingerprint density at radius 1 is 1.10 bits per heavy atom. The summed E-state index contributed by atoms with van der Waals surface area (Å²) in [5.74, 6) is 0.498. The highest BCUT2D eigenvalue weighted by Gasteiger charge is 2.35. The molecule has 1 saturated heterocycles. The summed E-state index contributed by atoms with van der Waals surface area (Å²) in [6.07, 6.45) is 3.96. The van der Waals surface area contributed by atoms with Crippen LogP contribution in [-0.2, 0) is 17.1 Å². The molecule has 1 aliphatic rings. The van der Waals surface area contributed by atoms with Crippen molar-refractivity contribution in [3.05, 3.63) is 71.3 Å². The van der Waals surface area contributed by atoms with Gasteiger partial charge in [0.1, 0.15) is 0 Å². The number of aromatic nitrogens is 3. The van der Waals surface area contributed by atoms with Gasteiger partial charge in [0.15, 0.2) is 0 Å². The summed E-state index contributed by atoms with van der Waals surface area (Å²) in [4.78, 5) is 23.4. The summed E-state index contributed by atoms with van der Waals surface area (Å²) < 4.78 is 28.8. The van der Waals surface area contributed by atoms with E-state index in [1.807, 2.05) is 11.9 Å². The van der Waals surface area contributed by atoms with Gasteiger partial charge in [-0.25, -0.2) is 13.4 Å². The van der Waals surface area contributed by atoms with Gasteiger partial charge in [0.2, 0.25) is 16.0 Å². The Kier molecular flexibility index (Phi) is 5.40. The Balaban J connectivity index is 1.61. The van der Waals surface area contributed by atoms with E-state index >= 15 is 0 Å². The molecule has 0 N–H and O–H groups in total. The third kappa shape index (κ3) is 3.73. The first-order chi connectivity index (χ1) is 14.4. The fraction of sp³-hybridized carbons (Fsp3) is 0.286. The summed E-state index contributed by atoms with van der Waals surface area (Å²) in [6, 6.07) is 13.5. The van der Waals surface area contributed by atoms with Crippen LogP contribution in [0.15, 0.2) is 70.6 Å². The summed E-state index contributed by atoms with van der Waals surface area (Å²) in [6.45, 7) is 0.757. The van der Waals surface area contributed by atoms with Crippen LogP contribution in [-0.4, -0.2) is 53.4 Å².